The molecule has 0 N–H and O–H groups in total. The number of rotatable bonds is 2. The van der Waals surface area contributed by atoms with Crippen LogP contribution in [0.1, 0.15) is 13.3 Å². The minimum absolute atomic E-state index is 0.672. The van der Waals surface area contributed by atoms with Crippen molar-refractivity contribution in [1.82, 2.24) is 4.90 Å². The second-order valence-electron chi connectivity index (χ2n) is 3.43. The second-order valence-corrected chi connectivity index (χ2v) is 3.80. The van der Waals surface area contributed by atoms with Crippen molar-refractivity contribution in [2.45, 2.75) is 13.3 Å². The van der Waals surface area contributed by atoms with Crippen LogP contribution in [0.5, 0.6) is 0 Å². The predicted molar refractivity (Wildman–Crippen MR) is 60.5 cm³/mol. The van der Waals surface area contributed by atoms with Crippen molar-refractivity contribution in [3.05, 3.63) is 35.7 Å². The van der Waals surface area contributed by atoms with Crippen molar-refractivity contribution in [1.29, 1.82) is 0 Å². The topological polar surface area (TPSA) is 15.6 Å². The molecule has 0 aromatic rings. The number of fused-ring (bicyclic) bond motifs is 1. The average Bonchev–Trinajstić information content (AvgIpc) is 2.19. The van der Waals surface area contributed by atoms with E-state index in [1.165, 1.54) is 5.57 Å². The zero-order chi connectivity index (χ0) is 9.97. The number of amidine groups is 1. The maximum absolute atomic E-state index is 5.74. The molecule has 0 saturated heterocycles. The third kappa shape index (κ3) is 1.75. The molecule has 2 nitrogen and oxygen atoms in total. The molecule has 2 heterocycles. The van der Waals surface area contributed by atoms with Gasteiger partial charge in [-0.1, -0.05) is 6.08 Å². The molecule has 2 aliphatic heterocycles. The van der Waals surface area contributed by atoms with Gasteiger partial charge in [-0.05, 0) is 31.1 Å². The molecular formula is C11H13ClN2. The lowest BCUT2D eigenvalue weighted by atomic mass is 10.1. The molecule has 0 spiro atoms. The van der Waals surface area contributed by atoms with Crippen LogP contribution in [-0.2, 0) is 0 Å². The van der Waals surface area contributed by atoms with Gasteiger partial charge in [-0.3, -0.25) is 0 Å². The summed E-state index contributed by atoms with van der Waals surface area (Å²) in [6.07, 6.45) is 9.05. The van der Waals surface area contributed by atoms with Gasteiger partial charge < -0.3 is 4.90 Å². The molecule has 0 amide bonds. The predicted octanol–water partition coefficient (Wildman–Crippen LogP) is 2.69. The summed E-state index contributed by atoms with van der Waals surface area (Å²) in [5.41, 5.74) is 2.46. The van der Waals surface area contributed by atoms with Crippen LogP contribution in [0.15, 0.2) is 40.7 Å². The molecular weight excluding hydrogens is 196 g/mol. The lowest BCUT2D eigenvalue weighted by Crippen LogP contribution is -2.31. The van der Waals surface area contributed by atoms with Gasteiger partial charge in [0, 0.05) is 24.3 Å². The average molecular weight is 209 g/mol. The summed E-state index contributed by atoms with van der Waals surface area (Å²) in [6, 6.07) is 0. The number of halogens is 1. The number of hydrogen-bond acceptors (Lipinski definition) is 2. The molecule has 0 bridgehead atoms. The molecule has 0 atom stereocenters. The summed E-state index contributed by atoms with van der Waals surface area (Å²) in [5.74, 6) is 1.70. The first-order valence-corrected chi connectivity index (χ1v) is 5.29. The van der Waals surface area contributed by atoms with Crippen LogP contribution < -0.4 is 0 Å². The normalized spacial score (nSPS) is 19.9. The van der Waals surface area contributed by atoms with Gasteiger partial charge in [0.1, 0.15) is 5.84 Å². The molecule has 2 rings (SSSR count). The Morgan fingerprint density at radius 1 is 1.50 bits per heavy atom. The zero-order valence-electron chi connectivity index (χ0n) is 8.20. The van der Waals surface area contributed by atoms with Crippen molar-refractivity contribution in [2.24, 2.45) is 4.99 Å². The van der Waals surface area contributed by atoms with E-state index in [1.807, 2.05) is 18.2 Å². The Kier molecular flexibility index (Phi) is 2.73. The molecule has 0 unspecified atom stereocenters. The maximum atomic E-state index is 5.74. The summed E-state index contributed by atoms with van der Waals surface area (Å²) < 4.78 is 0. The SMILES string of the molecule is CC1=C(CCCl)CN2C=CC=CC2=N1. The largest absolute Gasteiger partial charge is 0.329 e. The minimum atomic E-state index is 0.672. The van der Waals surface area contributed by atoms with Gasteiger partial charge in [-0.25, -0.2) is 4.99 Å². The van der Waals surface area contributed by atoms with Gasteiger partial charge in [0.15, 0.2) is 0 Å². The van der Waals surface area contributed by atoms with E-state index in [0.29, 0.717) is 5.88 Å². The van der Waals surface area contributed by atoms with E-state index in [4.69, 9.17) is 11.6 Å². The molecule has 0 saturated carbocycles. The third-order valence-corrected chi connectivity index (χ3v) is 2.66. The van der Waals surface area contributed by atoms with Crippen molar-refractivity contribution in [2.75, 3.05) is 12.4 Å². The first-order chi connectivity index (χ1) is 6.81. The van der Waals surface area contributed by atoms with Crippen LogP contribution in [-0.4, -0.2) is 23.2 Å². The number of alkyl halides is 1. The zero-order valence-corrected chi connectivity index (χ0v) is 8.96. The first-order valence-electron chi connectivity index (χ1n) is 4.76. The molecule has 74 valence electrons. The van der Waals surface area contributed by atoms with Crippen LogP contribution in [0.2, 0.25) is 0 Å². The van der Waals surface area contributed by atoms with E-state index in [9.17, 15) is 0 Å². The van der Waals surface area contributed by atoms with Gasteiger partial charge in [0.2, 0.25) is 0 Å². The smallest absolute Gasteiger partial charge is 0.133 e. The Bertz CT molecular complexity index is 350. The number of hydrogen-bond donors (Lipinski definition) is 0. The summed E-state index contributed by atoms with van der Waals surface area (Å²) >= 11 is 5.74. The number of nitrogens with zero attached hydrogens (tertiary/aromatic N) is 2. The van der Waals surface area contributed by atoms with Crippen molar-refractivity contribution < 1.29 is 0 Å². The van der Waals surface area contributed by atoms with Gasteiger partial charge >= 0.3 is 0 Å². The molecule has 3 heteroatoms. The van der Waals surface area contributed by atoms with E-state index in [-0.39, 0.29) is 0 Å². The molecule has 0 radical (unpaired) electrons. The lowest BCUT2D eigenvalue weighted by molar-refractivity contribution is 0.577. The van der Waals surface area contributed by atoms with Crippen LogP contribution >= 0.6 is 11.6 Å². The molecule has 0 aromatic carbocycles. The maximum Gasteiger partial charge on any atom is 0.133 e. The lowest BCUT2D eigenvalue weighted by Gasteiger charge is -2.28. The Hall–Kier alpha value is -1.02. The van der Waals surface area contributed by atoms with E-state index in [2.05, 4.69) is 23.0 Å². The van der Waals surface area contributed by atoms with Crippen LogP contribution in [0.25, 0.3) is 0 Å². The van der Waals surface area contributed by atoms with Crippen molar-refractivity contribution in [3.63, 3.8) is 0 Å². The van der Waals surface area contributed by atoms with Crippen molar-refractivity contribution >= 4 is 17.4 Å². The highest BCUT2D eigenvalue weighted by atomic mass is 35.5. The third-order valence-electron chi connectivity index (χ3n) is 2.47. The number of allylic oxidation sites excluding steroid dienone is 3. The molecule has 0 fully saturated rings. The number of aliphatic imine (C=N–C) groups is 1. The quantitative estimate of drug-likeness (QED) is 0.638. The molecule has 2 aliphatic rings. The Labute approximate surface area is 89.3 Å². The van der Waals surface area contributed by atoms with E-state index in [1.54, 1.807) is 0 Å². The van der Waals surface area contributed by atoms with Crippen molar-refractivity contribution in [3.8, 4) is 0 Å². The fourth-order valence-electron chi connectivity index (χ4n) is 1.65. The summed E-state index contributed by atoms with van der Waals surface area (Å²) in [6.45, 7) is 2.98. The highest BCUT2D eigenvalue weighted by Crippen LogP contribution is 2.20. The van der Waals surface area contributed by atoms with Crippen LogP contribution in [0.4, 0.5) is 0 Å². The standard InChI is InChI=1S/C11H13ClN2/c1-9-10(5-6-12)8-14-7-3-2-4-11(14)13-9/h2-4,7H,5-6,8H2,1H3. The van der Waals surface area contributed by atoms with Gasteiger partial charge in [0.25, 0.3) is 0 Å². The fourth-order valence-corrected chi connectivity index (χ4v) is 1.88. The highest BCUT2D eigenvalue weighted by Gasteiger charge is 2.17. The van der Waals surface area contributed by atoms with E-state index >= 15 is 0 Å². The van der Waals surface area contributed by atoms with E-state index < -0.39 is 0 Å². The van der Waals surface area contributed by atoms with Gasteiger partial charge in [-0.2, -0.15) is 0 Å². The summed E-state index contributed by atoms with van der Waals surface area (Å²) in [4.78, 5) is 6.68. The van der Waals surface area contributed by atoms with E-state index in [0.717, 1.165) is 24.5 Å². The molecule has 14 heavy (non-hydrogen) atoms. The van der Waals surface area contributed by atoms with Gasteiger partial charge in [0.05, 0.1) is 0 Å². The Morgan fingerprint density at radius 2 is 2.36 bits per heavy atom. The van der Waals surface area contributed by atoms with Crippen LogP contribution in [0.3, 0.4) is 0 Å². The Morgan fingerprint density at radius 3 is 3.14 bits per heavy atom. The summed E-state index contributed by atoms with van der Waals surface area (Å²) in [7, 11) is 0. The molecule has 0 aliphatic carbocycles. The summed E-state index contributed by atoms with van der Waals surface area (Å²) in [5, 5.41) is 0. The second kappa shape index (κ2) is 4.01. The fraction of sp³-hybridized carbons (Fsp3) is 0.364. The monoisotopic (exact) mass is 208 g/mol. The minimum Gasteiger partial charge on any atom is -0.329 e. The Balaban J connectivity index is 2.25. The highest BCUT2D eigenvalue weighted by molar-refractivity contribution is 6.18. The molecule has 0 aromatic heterocycles. The van der Waals surface area contributed by atoms with Crippen LogP contribution in [0, 0.1) is 0 Å². The first kappa shape index (κ1) is 9.53. The van der Waals surface area contributed by atoms with Gasteiger partial charge in [-0.15, -0.1) is 11.6 Å².